The van der Waals surface area contributed by atoms with E-state index in [4.69, 9.17) is 4.52 Å². The van der Waals surface area contributed by atoms with E-state index in [9.17, 15) is 4.57 Å². The van der Waals surface area contributed by atoms with E-state index in [0.717, 1.165) is 11.8 Å². The molecule has 2 aliphatic carbocycles. The van der Waals surface area contributed by atoms with Gasteiger partial charge >= 0.3 is 8.03 Å². The molecule has 0 amide bonds. The summed E-state index contributed by atoms with van der Waals surface area (Å²) < 4.78 is 16.7. The molecular formula is C9H16O2P+. The Morgan fingerprint density at radius 1 is 1.42 bits per heavy atom. The van der Waals surface area contributed by atoms with Crippen molar-refractivity contribution in [2.75, 3.05) is 6.61 Å². The molecule has 1 unspecified atom stereocenters. The van der Waals surface area contributed by atoms with Crippen LogP contribution in [0.25, 0.3) is 0 Å². The van der Waals surface area contributed by atoms with Gasteiger partial charge < -0.3 is 0 Å². The lowest BCUT2D eigenvalue weighted by Crippen LogP contribution is -2.12. The van der Waals surface area contributed by atoms with Gasteiger partial charge in [-0.1, -0.05) is 0 Å². The molecule has 4 atom stereocenters. The molecule has 0 saturated heterocycles. The van der Waals surface area contributed by atoms with Crippen LogP contribution in [-0.2, 0) is 9.09 Å². The number of rotatable bonds is 3. The molecule has 12 heavy (non-hydrogen) atoms. The molecule has 68 valence electrons. The van der Waals surface area contributed by atoms with Gasteiger partial charge in [0.2, 0.25) is 0 Å². The highest BCUT2D eigenvalue weighted by Crippen LogP contribution is 2.54. The van der Waals surface area contributed by atoms with Gasteiger partial charge in [-0.2, -0.15) is 0 Å². The Labute approximate surface area is 74.6 Å². The lowest BCUT2D eigenvalue weighted by Gasteiger charge is -2.10. The van der Waals surface area contributed by atoms with Crippen LogP contribution in [-0.4, -0.2) is 12.3 Å². The van der Waals surface area contributed by atoms with E-state index in [-0.39, 0.29) is 0 Å². The van der Waals surface area contributed by atoms with E-state index in [1.54, 1.807) is 0 Å². The topological polar surface area (TPSA) is 26.3 Å². The zero-order valence-electron chi connectivity index (χ0n) is 7.53. The third-order valence-corrected chi connectivity index (χ3v) is 4.91. The van der Waals surface area contributed by atoms with Gasteiger partial charge in [-0.15, -0.1) is 4.52 Å². The first-order valence-corrected chi connectivity index (χ1v) is 6.15. The zero-order valence-corrected chi connectivity index (χ0v) is 8.43. The fourth-order valence-corrected chi connectivity index (χ4v) is 4.22. The van der Waals surface area contributed by atoms with Crippen LogP contribution in [0.15, 0.2) is 0 Å². The first-order valence-electron chi connectivity index (χ1n) is 4.90. The Morgan fingerprint density at radius 3 is 2.75 bits per heavy atom. The van der Waals surface area contributed by atoms with E-state index in [2.05, 4.69) is 0 Å². The summed E-state index contributed by atoms with van der Waals surface area (Å²) in [6.07, 6.45) is 5.15. The Hall–Kier alpha value is 0.0600. The summed E-state index contributed by atoms with van der Waals surface area (Å²) >= 11 is 0. The summed E-state index contributed by atoms with van der Waals surface area (Å²) in [5.41, 5.74) is 0.402. The Balaban J connectivity index is 1.93. The molecular weight excluding hydrogens is 171 g/mol. The standard InChI is InChI=1S/C9H16O2P/c1-2-11-12(10)9-6-7-3-4-8(9)5-7/h7-9H,2-6H2,1H3/q+1/t7-,8+,9-/m0/s1. The monoisotopic (exact) mass is 187 g/mol. The van der Waals surface area contributed by atoms with Gasteiger partial charge in [0.1, 0.15) is 0 Å². The van der Waals surface area contributed by atoms with E-state index in [1.807, 2.05) is 6.92 Å². The van der Waals surface area contributed by atoms with Crippen molar-refractivity contribution in [1.29, 1.82) is 0 Å². The van der Waals surface area contributed by atoms with E-state index >= 15 is 0 Å². The van der Waals surface area contributed by atoms with Crippen molar-refractivity contribution >= 4 is 8.03 Å². The van der Waals surface area contributed by atoms with Crippen LogP contribution in [0.5, 0.6) is 0 Å². The van der Waals surface area contributed by atoms with Gasteiger partial charge in [0.25, 0.3) is 0 Å². The molecule has 0 aliphatic heterocycles. The molecule has 0 aromatic carbocycles. The molecule has 0 radical (unpaired) electrons. The Morgan fingerprint density at radius 2 is 2.25 bits per heavy atom. The largest absolute Gasteiger partial charge is 0.511 e. The molecule has 0 N–H and O–H groups in total. The van der Waals surface area contributed by atoms with Crippen molar-refractivity contribution in [2.45, 2.75) is 38.3 Å². The second kappa shape index (κ2) is 3.43. The van der Waals surface area contributed by atoms with Gasteiger partial charge in [0.05, 0.1) is 6.61 Å². The maximum atomic E-state index is 11.6. The maximum Gasteiger partial charge on any atom is 0.511 e. The smallest absolute Gasteiger partial charge is 0.146 e. The lowest BCUT2D eigenvalue weighted by atomic mass is 10.0. The molecule has 0 aromatic heterocycles. The second-order valence-corrected chi connectivity index (χ2v) is 5.44. The minimum atomic E-state index is -1.35. The van der Waals surface area contributed by atoms with E-state index in [0.29, 0.717) is 12.3 Å². The number of hydrogen-bond donors (Lipinski definition) is 0. The van der Waals surface area contributed by atoms with E-state index in [1.165, 1.54) is 25.7 Å². The molecule has 2 nitrogen and oxygen atoms in total. The highest BCUT2D eigenvalue weighted by atomic mass is 31.1. The van der Waals surface area contributed by atoms with Crippen molar-refractivity contribution in [1.82, 2.24) is 0 Å². The molecule has 2 bridgehead atoms. The summed E-state index contributed by atoms with van der Waals surface area (Å²) in [4.78, 5) is 0. The van der Waals surface area contributed by atoms with Crippen molar-refractivity contribution in [3.05, 3.63) is 0 Å². The quantitative estimate of drug-likeness (QED) is 0.635. The van der Waals surface area contributed by atoms with E-state index < -0.39 is 8.03 Å². The highest BCUT2D eigenvalue weighted by molar-refractivity contribution is 7.40. The minimum absolute atomic E-state index is 0.402. The van der Waals surface area contributed by atoms with Crippen LogP contribution >= 0.6 is 8.03 Å². The van der Waals surface area contributed by atoms with Crippen LogP contribution in [0.2, 0.25) is 0 Å². The van der Waals surface area contributed by atoms with Gasteiger partial charge in [-0.25, -0.2) is 0 Å². The van der Waals surface area contributed by atoms with Crippen molar-refractivity contribution in [3.8, 4) is 0 Å². The number of fused-ring (bicyclic) bond motifs is 2. The zero-order chi connectivity index (χ0) is 8.55. The van der Waals surface area contributed by atoms with Crippen LogP contribution in [0.1, 0.15) is 32.6 Å². The number of hydrogen-bond acceptors (Lipinski definition) is 2. The van der Waals surface area contributed by atoms with Gasteiger partial charge in [0.15, 0.2) is 5.66 Å². The molecule has 2 rings (SSSR count). The molecule has 2 fully saturated rings. The van der Waals surface area contributed by atoms with Crippen LogP contribution in [0, 0.1) is 11.8 Å². The second-order valence-electron chi connectivity index (χ2n) is 3.95. The first kappa shape index (κ1) is 8.65. The average Bonchev–Trinajstić information content (AvgIpc) is 2.64. The normalized spacial score (nSPS) is 40.4. The Bertz CT molecular complexity index is 193. The lowest BCUT2D eigenvalue weighted by molar-refractivity contribution is 0.329. The fraction of sp³-hybridized carbons (Fsp3) is 1.00. The van der Waals surface area contributed by atoms with Crippen LogP contribution < -0.4 is 0 Å². The molecule has 0 spiro atoms. The third-order valence-electron chi connectivity index (χ3n) is 3.23. The summed E-state index contributed by atoms with van der Waals surface area (Å²) in [6.45, 7) is 2.52. The average molecular weight is 187 g/mol. The highest BCUT2D eigenvalue weighted by Gasteiger charge is 2.50. The summed E-state index contributed by atoms with van der Waals surface area (Å²) in [7, 11) is -1.35. The summed E-state index contributed by atoms with van der Waals surface area (Å²) in [5, 5.41) is 0. The molecule has 2 saturated carbocycles. The fourth-order valence-electron chi connectivity index (χ4n) is 2.69. The van der Waals surface area contributed by atoms with Crippen LogP contribution in [0.4, 0.5) is 0 Å². The Kier molecular flexibility index (Phi) is 2.47. The summed E-state index contributed by atoms with van der Waals surface area (Å²) in [5.74, 6) is 1.60. The third kappa shape index (κ3) is 1.43. The predicted octanol–water partition coefficient (Wildman–Crippen LogP) is 2.95. The van der Waals surface area contributed by atoms with Crippen molar-refractivity contribution in [3.63, 3.8) is 0 Å². The summed E-state index contributed by atoms with van der Waals surface area (Å²) in [6, 6.07) is 0. The maximum absolute atomic E-state index is 11.6. The predicted molar refractivity (Wildman–Crippen MR) is 48.5 cm³/mol. The SMILES string of the molecule is CCO[P+](=O)[C@H]1C[C@H]2CC[C@@H]1C2. The molecule has 0 aromatic rings. The van der Waals surface area contributed by atoms with Gasteiger partial charge in [0, 0.05) is 12.3 Å². The molecule has 2 aliphatic rings. The van der Waals surface area contributed by atoms with Gasteiger partial charge in [-0.05, 0) is 36.7 Å². The van der Waals surface area contributed by atoms with Crippen LogP contribution in [0.3, 0.4) is 0 Å². The first-order chi connectivity index (χ1) is 5.81. The molecule has 0 heterocycles. The van der Waals surface area contributed by atoms with Gasteiger partial charge in [-0.3, -0.25) is 0 Å². The van der Waals surface area contributed by atoms with Crippen molar-refractivity contribution < 1.29 is 9.09 Å². The molecule has 3 heteroatoms. The van der Waals surface area contributed by atoms with Crippen molar-refractivity contribution in [2.24, 2.45) is 11.8 Å². The minimum Gasteiger partial charge on any atom is -0.146 e.